The fourth-order valence-electron chi connectivity index (χ4n) is 2.36. The molecule has 0 aliphatic carbocycles. The molecule has 0 aliphatic rings. The van der Waals surface area contributed by atoms with Crippen molar-refractivity contribution in [2.45, 2.75) is 6.18 Å². The highest BCUT2D eigenvalue weighted by molar-refractivity contribution is 6.35. The molecule has 3 rings (SSSR count). The molecule has 3 aromatic rings. The van der Waals surface area contributed by atoms with Crippen LogP contribution in [0.3, 0.4) is 0 Å². The van der Waals surface area contributed by atoms with Crippen LogP contribution in [-0.2, 0) is 6.18 Å². The van der Waals surface area contributed by atoms with Crippen LogP contribution in [0.15, 0.2) is 53.5 Å². The Morgan fingerprint density at radius 1 is 1.12 bits per heavy atom. The van der Waals surface area contributed by atoms with Gasteiger partial charge in [0.25, 0.3) is 5.91 Å². The van der Waals surface area contributed by atoms with Gasteiger partial charge in [-0.2, -0.15) is 13.2 Å². The van der Waals surface area contributed by atoms with Crippen LogP contribution in [0.4, 0.5) is 18.9 Å². The summed E-state index contributed by atoms with van der Waals surface area (Å²) < 4.78 is 38.2. The summed E-state index contributed by atoms with van der Waals surface area (Å²) in [6.45, 7) is 0. The molecular weight excluding hydrogens is 357 g/mol. The van der Waals surface area contributed by atoms with E-state index in [2.05, 4.69) is 10.3 Å². The first kappa shape index (κ1) is 17.0. The van der Waals surface area contributed by atoms with Gasteiger partial charge in [0.15, 0.2) is 0 Å². The number of anilines is 1. The Kier molecular flexibility index (Phi) is 4.26. The molecule has 0 fully saturated rings. The SMILES string of the molecule is O=C(Nc1cccc(C(F)(F)F)c1)c1c[nH]c2c(Cl)cccc2c1=O. The molecule has 0 spiro atoms. The van der Waals surface area contributed by atoms with E-state index in [-0.39, 0.29) is 16.6 Å². The largest absolute Gasteiger partial charge is 0.416 e. The number of nitrogens with one attached hydrogen (secondary N) is 2. The van der Waals surface area contributed by atoms with E-state index in [1.807, 2.05) is 0 Å². The Balaban J connectivity index is 1.96. The predicted molar refractivity (Wildman–Crippen MR) is 89.0 cm³/mol. The zero-order chi connectivity index (χ0) is 18.2. The van der Waals surface area contributed by atoms with E-state index in [4.69, 9.17) is 11.6 Å². The van der Waals surface area contributed by atoms with Crippen molar-refractivity contribution in [1.29, 1.82) is 0 Å². The number of H-pyrrole nitrogens is 1. The number of amides is 1. The minimum atomic E-state index is -4.53. The average molecular weight is 367 g/mol. The van der Waals surface area contributed by atoms with Crippen LogP contribution in [-0.4, -0.2) is 10.9 Å². The van der Waals surface area contributed by atoms with E-state index in [1.54, 1.807) is 12.1 Å². The Labute approximate surface area is 144 Å². The highest BCUT2D eigenvalue weighted by Crippen LogP contribution is 2.30. The lowest BCUT2D eigenvalue weighted by molar-refractivity contribution is -0.137. The van der Waals surface area contributed by atoms with E-state index in [9.17, 15) is 22.8 Å². The fraction of sp³-hybridized carbons (Fsp3) is 0.0588. The van der Waals surface area contributed by atoms with Crippen molar-refractivity contribution in [3.8, 4) is 0 Å². The number of para-hydroxylation sites is 1. The van der Waals surface area contributed by atoms with Crippen LogP contribution >= 0.6 is 11.6 Å². The number of hydrogen-bond donors (Lipinski definition) is 2. The molecule has 25 heavy (non-hydrogen) atoms. The topological polar surface area (TPSA) is 62.0 Å². The van der Waals surface area contributed by atoms with Gasteiger partial charge in [-0.25, -0.2) is 0 Å². The minimum Gasteiger partial charge on any atom is -0.359 e. The third kappa shape index (κ3) is 3.36. The Bertz CT molecular complexity index is 1030. The molecule has 0 aliphatic heterocycles. The van der Waals surface area contributed by atoms with Gasteiger partial charge in [0.05, 0.1) is 16.1 Å². The van der Waals surface area contributed by atoms with Crippen LogP contribution < -0.4 is 10.7 Å². The van der Waals surface area contributed by atoms with E-state index >= 15 is 0 Å². The first-order valence-electron chi connectivity index (χ1n) is 7.06. The molecule has 0 saturated heterocycles. The lowest BCUT2D eigenvalue weighted by Gasteiger charge is -2.10. The highest BCUT2D eigenvalue weighted by Gasteiger charge is 2.30. The first-order chi connectivity index (χ1) is 11.8. The standard InChI is InChI=1S/C17H10ClF3N2O2/c18-13-6-2-5-11-14(13)22-8-12(15(11)24)16(25)23-10-4-1-3-9(7-10)17(19,20)21/h1-8H,(H,22,24)(H,23,25). The van der Waals surface area contributed by atoms with Gasteiger partial charge in [0, 0.05) is 17.3 Å². The lowest BCUT2D eigenvalue weighted by atomic mass is 10.1. The molecule has 2 N–H and O–H groups in total. The molecule has 128 valence electrons. The molecule has 0 bridgehead atoms. The molecule has 0 unspecified atom stereocenters. The van der Waals surface area contributed by atoms with Gasteiger partial charge < -0.3 is 10.3 Å². The molecule has 4 nitrogen and oxygen atoms in total. The van der Waals surface area contributed by atoms with E-state index < -0.39 is 23.1 Å². The molecule has 0 atom stereocenters. The summed E-state index contributed by atoms with van der Waals surface area (Å²) in [7, 11) is 0. The molecule has 8 heteroatoms. The number of aromatic amines is 1. The second-order valence-corrected chi connectivity index (χ2v) is 5.63. The van der Waals surface area contributed by atoms with Crippen molar-refractivity contribution >= 4 is 34.1 Å². The summed E-state index contributed by atoms with van der Waals surface area (Å²) in [4.78, 5) is 27.5. The number of pyridine rings is 1. The number of benzene rings is 2. The fourth-order valence-corrected chi connectivity index (χ4v) is 2.58. The summed E-state index contributed by atoms with van der Waals surface area (Å²) in [5.41, 5.74) is -1.38. The van der Waals surface area contributed by atoms with Crippen LogP contribution in [0.2, 0.25) is 5.02 Å². The smallest absolute Gasteiger partial charge is 0.359 e. The van der Waals surface area contributed by atoms with Gasteiger partial charge in [0.1, 0.15) is 5.56 Å². The van der Waals surface area contributed by atoms with Crippen molar-refractivity contribution in [3.05, 3.63) is 75.0 Å². The van der Waals surface area contributed by atoms with Crippen molar-refractivity contribution in [2.24, 2.45) is 0 Å². The van der Waals surface area contributed by atoms with Crippen molar-refractivity contribution in [1.82, 2.24) is 4.98 Å². The maximum absolute atomic E-state index is 12.7. The molecule has 2 aromatic carbocycles. The molecule has 0 radical (unpaired) electrons. The summed E-state index contributed by atoms with van der Waals surface area (Å²) in [6, 6.07) is 8.81. The maximum Gasteiger partial charge on any atom is 0.416 e. The summed E-state index contributed by atoms with van der Waals surface area (Å²) in [5, 5.41) is 2.83. The zero-order valence-electron chi connectivity index (χ0n) is 12.4. The quantitative estimate of drug-likeness (QED) is 0.703. The van der Waals surface area contributed by atoms with Crippen LogP contribution in [0.1, 0.15) is 15.9 Å². The number of carbonyl (C=O) groups is 1. The number of rotatable bonds is 2. The summed E-state index contributed by atoms with van der Waals surface area (Å²) >= 11 is 5.97. The third-order valence-electron chi connectivity index (χ3n) is 3.56. The Hall–Kier alpha value is -2.80. The molecule has 1 aromatic heterocycles. The second kappa shape index (κ2) is 6.25. The van der Waals surface area contributed by atoms with Gasteiger partial charge >= 0.3 is 6.18 Å². The van der Waals surface area contributed by atoms with Crippen LogP contribution in [0, 0.1) is 0 Å². The van der Waals surface area contributed by atoms with E-state index in [0.717, 1.165) is 12.1 Å². The Morgan fingerprint density at radius 3 is 2.56 bits per heavy atom. The molecular formula is C17H10ClF3N2O2. The molecule has 1 heterocycles. The van der Waals surface area contributed by atoms with Gasteiger partial charge in [-0.15, -0.1) is 0 Å². The van der Waals surface area contributed by atoms with E-state index in [1.165, 1.54) is 24.4 Å². The highest BCUT2D eigenvalue weighted by atomic mass is 35.5. The van der Waals surface area contributed by atoms with E-state index in [0.29, 0.717) is 10.5 Å². The monoisotopic (exact) mass is 366 g/mol. The van der Waals surface area contributed by atoms with Crippen molar-refractivity contribution in [2.75, 3.05) is 5.32 Å². The molecule has 1 amide bonds. The number of hydrogen-bond acceptors (Lipinski definition) is 2. The summed E-state index contributed by atoms with van der Waals surface area (Å²) in [6.07, 6.45) is -3.35. The van der Waals surface area contributed by atoms with Gasteiger partial charge in [-0.05, 0) is 30.3 Å². The maximum atomic E-state index is 12.7. The third-order valence-corrected chi connectivity index (χ3v) is 3.87. The first-order valence-corrected chi connectivity index (χ1v) is 7.43. The number of halogens is 4. The molecule has 0 saturated carbocycles. The van der Waals surface area contributed by atoms with Crippen molar-refractivity contribution < 1.29 is 18.0 Å². The van der Waals surface area contributed by atoms with Gasteiger partial charge in [-0.3, -0.25) is 9.59 Å². The number of carbonyl (C=O) groups excluding carboxylic acids is 1. The van der Waals surface area contributed by atoms with Crippen molar-refractivity contribution in [3.63, 3.8) is 0 Å². The lowest BCUT2D eigenvalue weighted by Crippen LogP contribution is -2.22. The number of aromatic nitrogens is 1. The number of fused-ring (bicyclic) bond motifs is 1. The number of alkyl halides is 3. The minimum absolute atomic E-state index is 0.0644. The normalized spacial score (nSPS) is 11.5. The Morgan fingerprint density at radius 2 is 1.84 bits per heavy atom. The zero-order valence-corrected chi connectivity index (χ0v) is 13.2. The van der Waals surface area contributed by atoms with Crippen LogP contribution in [0.5, 0.6) is 0 Å². The average Bonchev–Trinajstić information content (AvgIpc) is 2.55. The van der Waals surface area contributed by atoms with Gasteiger partial charge in [0.2, 0.25) is 5.43 Å². The van der Waals surface area contributed by atoms with Gasteiger partial charge in [-0.1, -0.05) is 23.7 Å². The second-order valence-electron chi connectivity index (χ2n) is 5.23. The summed E-state index contributed by atoms with van der Waals surface area (Å²) in [5.74, 6) is -0.817. The van der Waals surface area contributed by atoms with Crippen LogP contribution in [0.25, 0.3) is 10.9 Å². The predicted octanol–water partition coefficient (Wildman–Crippen LogP) is 4.45.